The normalized spacial score (nSPS) is 15.3. The van der Waals surface area contributed by atoms with Gasteiger partial charge in [-0.05, 0) is 18.2 Å². The van der Waals surface area contributed by atoms with Crippen molar-refractivity contribution >= 4 is 17.2 Å². The first-order valence-corrected chi connectivity index (χ1v) is 8.68. The third kappa shape index (κ3) is 3.13. The van der Waals surface area contributed by atoms with Crippen LogP contribution in [0, 0.1) is 0 Å². The summed E-state index contributed by atoms with van der Waals surface area (Å²) in [5.74, 6) is 1.50. The Morgan fingerprint density at radius 3 is 2.73 bits per heavy atom. The van der Waals surface area contributed by atoms with Crippen LogP contribution in [0.5, 0.6) is 5.75 Å². The Morgan fingerprint density at radius 1 is 1.12 bits per heavy atom. The van der Waals surface area contributed by atoms with Crippen molar-refractivity contribution in [3.63, 3.8) is 0 Å². The SMILES string of the molecule is COc1ccccc1N1CCN(CC(=O)c2cnc3ncccn23)CC1. The summed E-state index contributed by atoms with van der Waals surface area (Å²) in [6, 6.07) is 9.85. The van der Waals surface area contributed by atoms with Gasteiger partial charge in [-0.25, -0.2) is 9.97 Å². The topological polar surface area (TPSA) is 63.0 Å². The van der Waals surface area contributed by atoms with E-state index in [1.54, 1.807) is 30.0 Å². The molecule has 0 atom stereocenters. The molecule has 0 radical (unpaired) electrons. The molecule has 2 aromatic heterocycles. The van der Waals surface area contributed by atoms with Crippen LogP contribution in [0.25, 0.3) is 5.78 Å². The molecule has 3 aromatic rings. The predicted octanol–water partition coefficient (Wildman–Crippen LogP) is 1.74. The molecule has 26 heavy (non-hydrogen) atoms. The summed E-state index contributed by atoms with van der Waals surface area (Å²) in [4.78, 5) is 25.5. The van der Waals surface area contributed by atoms with Crippen LogP contribution in [0.3, 0.4) is 0 Å². The number of carbonyl (C=O) groups is 1. The van der Waals surface area contributed by atoms with Crippen LogP contribution in [0.1, 0.15) is 10.5 Å². The molecule has 0 saturated carbocycles. The van der Waals surface area contributed by atoms with Crippen molar-refractivity contribution in [3.05, 3.63) is 54.6 Å². The lowest BCUT2D eigenvalue weighted by atomic mass is 10.2. The number of para-hydroxylation sites is 2. The number of piperazine rings is 1. The Balaban J connectivity index is 1.40. The van der Waals surface area contributed by atoms with Crippen molar-refractivity contribution in [1.82, 2.24) is 19.3 Å². The maximum absolute atomic E-state index is 12.7. The number of nitrogens with zero attached hydrogens (tertiary/aromatic N) is 5. The highest BCUT2D eigenvalue weighted by Crippen LogP contribution is 2.28. The van der Waals surface area contributed by atoms with Crippen LogP contribution in [0.15, 0.2) is 48.9 Å². The lowest BCUT2D eigenvalue weighted by molar-refractivity contribution is 0.0920. The van der Waals surface area contributed by atoms with E-state index < -0.39 is 0 Å². The quantitative estimate of drug-likeness (QED) is 0.653. The van der Waals surface area contributed by atoms with E-state index >= 15 is 0 Å². The zero-order valence-electron chi connectivity index (χ0n) is 14.7. The molecular weight excluding hydrogens is 330 g/mol. The highest BCUT2D eigenvalue weighted by molar-refractivity contribution is 5.96. The Hall–Kier alpha value is -2.93. The van der Waals surface area contributed by atoms with Gasteiger partial charge in [0, 0.05) is 38.6 Å². The van der Waals surface area contributed by atoms with Gasteiger partial charge in [-0.15, -0.1) is 0 Å². The van der Waals surface area contributed by atoms with E-state index in [0.29, 0.717) is 18.0 Å². The molecule has 1 fully saturated rings. The monoisotopic (exact) mass is 351 g/mol. The molecule has 1 aromatic carbocycles. The number of methoxy groups -OCH3 is 1. The fourth-order valence-electron chi connectivity index (χ4n) is 3.36. The standard InChI is InChI=1S/C19H21N5O2/c1-26-18-6-3-2-5-15(18)23-11-9-22(10-12-23)14-17(25)16-13-21-19-20-7-4-8-24(16)19/h2-8,13H,9-12,14H2,1H3. The van der Waals surface area contributed by atoms with Gasteiger partial charge in [0.1, 0.15) is 11.4 Å². The Kier molecular flexibility index (Phi) is 4.53. The third-order valence-corrected chi connectivity index (χ3v) is 4.74. The molecule has 3 heterocycles. The Bertz CT molecular complexity index is 915. The van der Waals surface area contributed by atoms with Crippen LogP contribution in [0.4, 0.5) is 5.69 Å². The molecule has 7 heteroatoms. The van der Waals surface area contributed by atoms with Crippen molar-refractivity contribution in [2.75, 3.05) is 44.7 Å². The zero-order valence-corrected chi connectivity index (χ0v) is 14.7. The molecule has 1 aliphatic heterocycles. The van der Waals surface area contributed by atoms with Gasteiger partial charge >= 0.3 is 0 Å². The number of carbonyl (C=O) groups excluding carboxylic acids is 1. The highest BCUT2D eigenvalue weighted by atomic mass is 16.5. The van der Waals surface area contributed by atoms with Crippen LogP contribution in [0.2, 0.25) is 0 Å². The highest BCUT2D eigenvalue weighted by Gasteiger charge is 2.22. The second-order valence-electron chi connectivity index (χ2n) is 6.29. The van der Waals surface area contributed by atoms with Crippen molar-refractivity contribution in [2.45, 2.75) is 0 Å². The minimum Gasteiger partial charge on any atom is -0.495 e. The number of hydrogen-bond acceptors (Lipinski definition) is 6. The minimum absolute atomic E-state index is 0.0660. The first-order chi connectivity index (χ1) is 12.8. The van der Waals surface area contributed by atoms with E-state index in [0.717, 1.165) is 37.6 Å². The average Bonchev–Trinajstić information content (AvgIpc) is 3.13. The molecule has 0 spiro atoms. The van der Waals surface area contributed by atoms with Gasteiger partial charge in [-0.1, -0.05) is 12.1 Å². The number of ether oxygens (including phenoxy) is 1. The summed E-state index contributed by atoms with van der Waals surface area (Å²) in [6.07, 6.45) is 5.10. The van der Waals surface area contributed by atoms with Crippen molar-refractivity contribution in [1.29, 1.82) is 0 Å². The summed E-state index contributed by atoms with van der Waals surface area (Å²) >= 11 is 0. The molecule has 0 N–H and O–H groups in total. The predicted molar refractivity (Wildman–Crippen MR) is 99.0 cm³/mol. The molecule has 134 valence electrons. The van der Waals surface area contributed by atoms with E-state index in [4.69, 9.17) is 4.74 Å². The van der Waals surface area contributed by atoms with Crippen LogP contribution in [-0.4, -0.2) is 64.9 Å². The number of rotatable bonds is 5. The smallest absolute Gasteiger partial charge is 0.234 e. The van der Waals surface area contributed by atoms with Crippen LogP contribution in [-0.2, 0) is 0 Å². The molecule has 4 rings (SSSR count). The molecule has 1 aliphatic rings. The number of Topliss-reactive ketones (excluding diaryl/α,β-unsaturated/α-hetero) is 1. The molecule has 7 nitrogen and oxygen atoms in total. The van der Waals surface area contributed by atoms with Gasteiger partial charge in [0.05, 0.1) is 25.5 Å². The van der Waals surface area contributed by atoms with Gasteiger partial charge in [0.25, 0.3) is 0 Å². The van der Waals surface area contributed by atoms with Crippen molar-refractivity contribution < 1.29 is 9.53 Å². The summed E-state index contributed by atoms with van der Waals surface area (Å²) in [7, 11) is 1.69. The second kappa shape index (κ2) is 7.13. The molecule has 0 amide bonds. The Labute approximate surface area is 151 Å². The van der Waals surface area contributed by atoms with Crippen molar-refractivity contribution in [3.8, 4) is 5.75 Å². The van der Waals surface area contributed by atoms with E-state index in [2.05, 4.69) is 25.8 Å². The number of aromatic nitrogens is 3. The second-order valence-corrected chi connectivity index (χ2v) is 6.29. The van der Waals surface area contributed by atoms with E-state index in [1.165, 1.54) is 0 Å². The van der Waals surface area contributed by atoms with Gasteiger partial charge in [0.15, 0.2) is 5.78 Å². The number of fused-ring (bicyclic) bond motifs is 1. The number of ketones is 1. The average molecular weight is 351 g/mol. The number of benzene rings is 1. The Morgan fingerprint density at radius 2 is 1.92 bits per heavy atom. The minimum atomic E-state index is 0.0660. The largest absolute Gasteiger partial charge is 0.495 e. The molecular formula is C19H21N5O2. The number of anilines is 1. The molecule has 1 saturated heterocycles. The number of imidazole rings is 1. The zero-order chi connectivity index (χ0) is 17.9. The summed E-state index contributed by atoms with van der Waals surface area (Å²) in [5.41, 5.74) is 1.69. The molecule has 0 aliphatic carbocycles. The first-order valence-electron chi connectivity index (χ1n) is 8.68. The fraction of sp³-hybridized carbons (Fsp3) is 0.316. The summed E-state index contributed by atoms with van der Waals surface area (Å²) < 4.78 is 7.20. The fourth-order valence-corrected chi connectivity index (χ4v) is 3.36. The van der Waals surface area contributed by atoms with Gasteiger partial charge in [0.2, 0.25) is 5.78 Å². The lowest BCUT2D eigenvalue weighted by Crippen LogP contribution is -2.48. The van der Waals surface area contributed by atoms with E-state index in [9.17, 15) is 4.79 Å². The van der Waals surface area contributed by atoms with Crippen LogP contribution < -0.4 is 9.64 Å². The number of hydrogen-bond donors (Lipinski definition) is 0. The maximum Gasteiger partial charge on any atom is 0.234 e. The van der Waals surface area contributed by atoms with Crippen molar-refractivity contribution in [2.24, 2.45) is 0 Å². The first kappa shape index (κ1) is 16.5. The van der Waals surface area contributed by atoms with E-state index in [1.807, 2.05) is 24.4 Å². The van der Waals surface area contributed by atoms with Gasteiger partial charge in [-0.3, -0.25) is 14.1 Å². The van der Waals surface area contributed by atoms with Crippen LogP contribution >= 0.6 is 0 Å². The third-order valence-electron chi connectivity index (χ3n) is 4.74. The summed E-state index contributed by atoms with van der Waals surface area (Å²) in [6.45, 7) is 3.78. The maximum atomic E-state index is 12.7. The molecule has 0 unspecified atom stereocenters. The lowest BCUT2D eigenvalue weighted by Gasteiger charge is -2.36. The summed E-state index contributed by atoms with van der Waals surface area (Å²) in [5, 5.41) is 0. The van der Waals surface area contributed by atoms with Gasteiger partial charge < -0.3 is 9.64 Å². The van der Waals surface area contributed by atoms with E-state index in [-0.39, 0.29) is 5.78 Å². The molecule has 0 bridgehead atoms. The van der Waals surface area contributed by atoms with Gasteiger partial charge in [-0.2, -0.15) is 0 Å².